The number of aromatic nitrogens is 2. The zero-order chi connectivity index (χ0) is 13.0. The number of nitrogens with one attached hydrogen (secondary N) is 1. The fourth-order valence-electron chi connectivity index (χ4n) is 1.18. The molecule has 5 nitrogen and oxygen atoms in total. The van der Waals surface area contributed by atoms with Crippen LogP contribution in [0.1, 0.15) is 18.3 Å². The van der Waals surface area contributed by atoms with E-state index in [0.717, 1.165) is 5.56 Å². The van der Waals surface area contributed by atoms with Crippen molar-refractivity contribution in [3.8, 4) is 0 Å². The third-order valence-corrected chi connectivity index (χ3v) is 2.72. The number of rotatable bonds is 4. The van der Waals surface area contributed by atoms with Crippen molar-refractivity contribution < 1.29 is 4.79 Å². The zero-order valence-electron chi connectivity index (χ0n) is 10.5. The second-order valence-corrected chi connectivity index (χ2v) is 4.26. The predicted octanol–water partition coefficient (Wildman–Crippen LogP) is 1.50. The predicted molar refractivity (Wildman–Crippen MR) is 68.3 cm³/mol. The Bertz CT molecular complexity index is 420. The second kappa shape index (κ2) is 5.82. The summed E-state index contributed by atoms with van der Waals surface area (Å²) < 4.78 is 0. The van der Waals surface area contributed by atoms with Gasteiger partial charge in [0.05, 0.1) is 6.54 Å². The normalized spacial score (nSPS) is 10.2. The van der Waals surface area contributed by atoms with Gasteiger partial charge in [0, 0.05) is 26.1 Å². The Labute approximate surface area is 106 Å². The molecule has 1 aromatic rings. The Morgan fingerprint density at radius 2 is 2.06 bits per heavy atom. The van der Waals surface area contributed by atoms with Crippen LogP contribution in [0.2, 0.25) is 5.15 Å². The molecule has 6 heteroatoms. The van der Waals surface area contributed by atoms with Crippen molar-refractivity contribution in [2.24, 2.45) is 0 Å². The SMILES string of the molecule is CCc1nc(Cl)c(C)c(NCC(=O)N(C)C)n1. The number of amides is 1. The number of nitrogens with zero attached hydrogens (tertiary/aromatic N) is 3. The number of likely N-dealkylation sites (N-methyl/N-ethyl adjacent to an activating group) is 1. The first-order chi connectivity index (χ1) is 7.95. The van der Waals surface area contributed by atoms with Gasteiger partial charge in [-0.2, -0.15) is 0 Å². The van der Waals surface area contributed by atoms with E-state index in [9.17, 15) is 4.79 Å². The van der Waals surface area contributed by atoms with Gasteiger partial charge in [-0.3, -0.25) is 4.79 Å². The quantitative estimate of drug-likeness (QED) is 0.830. The van der Waals surface area contributed by atoms with E-state index in [1.807, 2.05) is 13.8 Å². The largest absolute Gasteiger partial charge is 0.361 e. The van der Waals surface area contributed by atoms with E-state index in [-0.39, 0.29) is 12.5 Å². The van der Waals surface area contributed by atoms with Gasteiger partial charge in [-0.1, -0.05) is 18.5 Å². The fraction of sp³-hybridized carbons (Fsp3) is 0.545. The van der Waals surface area contributed by atoms with Crippen LogP contribution in [0.25, 0.3) is 0 Å². The average Bonchev–Trinajstić information content (AvgIpc) is 2.30. The molecule has 1 heterocycles. The molecule has 1 rings (SSSR count). The summed E-state index contributed by atoms with van der Waals surface area (Å²) in [5.74, 6) is 1.27. The average molecular weight is 257 g/mol. The summed E-state index contributed by atoms with van der Waals surface area (Å²) in [4.78, 5) is 21.4. The number of aryl methyl sites for hydroxylation is 1. The van der Waals surface area contributed by atoms with Crippen molar-refractivity contribution in [1.82, 2.24) is 14.9 Å². The number of halogens is 1. The van der Waals surface area contributed by atoms with Gasteiger partial charge in [0.1, 0.15) is 16.8 Å². The number of anilines is 1. The smallest absolute Gasteiger partial charge is 0.241 e. The lowest BCUT2D eigenvalue weighted by atomic mass is 10.3. The summed E-state index contributed by atoms with van der Waals surface area (Å²) in [5, 5.41) is 3.41. The van der Waals surface area contributed by atoms with E-state index < -0.39 is 0 Å². The molecule has 0 aromatic carbocycles. The molecule has 94 valence electrons. The van der Waals surface area contributed by atoms with Crippen molar-refractivity contribution in [1.29, 1.82) is 0 Å². The number of hydrogen-bond donors (Lipinski definition) is 1. The first-order valence-corrected chi connectivity index (χ1v) is 5.80. The highest BCUT2D eigenvalue weighted by atomic mass is 35.5. The third kappa shape index (κ3) is 3.56. The van der Waals surface area contributed by atoms with Crippen LogP contribution >= 0.6 is 11.6 Å². The molecule has 0 aliphatic heterocycles. The van der Waals surface area contributed by atoms with E-state index >= 15 is 0 Å². The zero-order valence-corrected chi connectivity index (χ0v) is 11.3. The standard InChI is InChI=1S/C11H17ClN4O/c1-5-8-14-10(12)7(2)11(15-8)13-6-9(17)16(3)4/h5-6H2,1-4H3,(H,13,14,15). The minimum atomic E-state index is -0.0165. The van der Waals surface area contributed by atoms with Crippen molar-refractivity contribution in [2.45, 2.75) is 20.3 Å². The fourth-order valence-corrected chi connectivity index (χ4v) is 1.37. The van der Waals surface area contributed by atoms with Gasteiger partial charge < -0.3 is 10.2 Å². The van der Waals surface area contributed by atoms with Gasteiger partial charge in [0.2, 0.25) is 5.91 Å². The van der Waals surface area contributed by atoms with E-state index in [2.05, 4.69) is 15.3 Å². The Morgan fingerprint density at radius 3 is 2.59 bits per heavy atom. The van der Waals surface area contributed by atoms with Crippen molar-refractivity contribution >= 4 is 23.3 Å². The molecule has 0 spiro atoms. The molecule has 0 bridgehead atoms. The molecule has 0 unspecified atom stereocenters. The molecular formula is C11H17ClN4O. The number of carbonyl (C=O) groups excluding carboxylic acids is 1. The molecule has 0 saturated heterocycles. The molecule has 17 heavy (non-hydrogen) atoms. The number of hydrogen-bond acceptors (Lipinski definition) is 4. The third-order valence-electron chi connectivity index (χ3n) is 2.35. The van der Waals surface area contributed by atoms with Gasteiger partial charge in [0.25, 0.3) is 0 Å². The lowest BCUT2D eigenvalue weighted by Crippen LogP contribution is -2.29. The van der Waals surface area contributed by atoms with Crippen LogP contribution in [0.3, 0.4) is 0 Å². The molecule has 0 saturated carbocycles. The van der Waals surface area contributed by atoms with Crippen molar-refractivity contribution in [3.63, 3.8) is 0 Å². The van der Waals surface area contributed by atoms with Crippen LogP contribution < -0.4 is 5.32 Å². The Kier molecular flexibility index (Phi) is 4.69. The molecule has 0 fully saturated rings. The maximum absolute atomic E-state index is 11.5. The Balaban J connectivity index is 2.83. The highest BCUT2D eigenvalue weighted by Gasteiger charge is 2.10. The summed E-state index contributed by atoms with van der Waals surface area (Å²) in [6, 6.07) is 0. The lowest BCUT2D eigenvalue weighted by molar-refractivity contribution is -0.126. The van der Waals surface area contributed by atoms with E-state index in [1.165, 1.54) is 4.90 Å². The molecule has 0 radical (unpaired) electrons. The summed E-state index contributed by atoms with van der Waals surface area (Å²) in [7, 11) is 3.42. The van der Waals surface area contributed by atoms with Gasteiger partial charge >= 0.3 is 0 Å². The number of carbonyl (C=O) groups is 1. The minimum absolute atomic E-state index is 0.0165. The maximum atomic E-state index is 11.5. The van der Waals surface area contributed by atoms with E-state index in [0.29, 0.717) is 23.2 Å². The van der Waals surface area contributed by atoms with Crippen LogP contribution in [0, 0.1) is 6.92 Å². The minimum Gasteiger partial charge on any atom is -0.361 e. The van der Waals surface area contributed by atoms with Crippen molar-refractivity contribution in [2.75, 3.05) is 26.0 Å². The first-order valence-electron chi connectivity index (χ1n) is 5.42. The van der Waals surface area contributed by atoms with Gasteiger partial charge in [-0.15, -0.1) is 0 Å². The van der Waals surface area contributed by atoms with Gasteiger partial charge in [-0.25, -0.2) is 9.97 Å². The summed E-state index contributed by atoms with van der Waals surface area (Å²) in [5.41, 5.74) is 0.760. The van der Waals surface area contributed by atoms with Gasteiger partial charge in [-0.05, 0) is 6.92 Å². The van der Waals surface area contributed by atoms with Crippen LogP contribution in [-0.4, -0.2) is 41.4 Å². The summed E-state index contributed by atoms with van der Waals surface area (Å²) >= 11 is 5.99. The van der Waals surface area contributed by atoms with E-state index in [1.54, 1.807) is 14.1 Å². The lowest BCUT2D eigenvalue weighted by Gasteiger charge is -2.13. The van der Waals surface area contributed by atoms with Crippen LogP contribution in [0.5, 0.6) is 0 Å². The summed E-state index contributed by atoms with van der Waals surface area (Å²) in [6.45, 7) is 3.98. The molecule has 0 aliphatic carbocycles. The molecule has 1 N–H and O–H groups in total. The maximum Gasteiger partial charge on any atom is 0.241 e. The van der Waals surface area contributed by atoms with Crippen molar-refractivity contribution in [3.05, 3.63) is 16.5 Å². The summed E-state index contributed by atoms with van der Waals surface area (Å²) in [6.07, 6.45) is 0.705. The van der Waals surface area contributed by atoms with Crippen LogP contribution in [0.4, 0.5) is 5.82 Å². The topological polar surface area (TPSA) is 58.1 Å². The van der Waals surface area contributed by atoms with E-state index in [4.69, 9.17) is 11.6 Å². The monoisotopic (exact) mass is 256 g/mol. The van der Waals surface area contributed by atoms with Crippen LogP contribution in [-0.2, 0) is 11.2 Å². The molecule has 0 aliphatic rings. The molecule has 0 atom stereocenters. The highest BCUT2D eigenvalue weighted by molar-refractivity contribution is 6.30. The highest BCUT2D eigenvalue weighted by Crippen LogP contribution is 2.19. The molecular weight excluding hydrogens is 240 g/mol. The molecule has 1 aromatic heterocycles. The van der Waals surface area contributed by atoms with Gasteiger partial charge in [0.15, 0.2) is 0 Å². The van der Waals surface area contributed by atoms with Crippen LogP contribution in [0.15, 0.2) is 0 Å². The Morgan fingerprint density at radius 1 is 1.41 bits per heavy atom. The Hall–Kier alpha value is -1.36. The molecule has 1 amide bonds. The first kappa shape index (κ1) is 13.7. The second-order valence-electron chi connectivity index (χ2n) is 3.90.